The molecule has 0 aliphatic carbocycles. The highest BCUT2D eigenvalue weighted by molar-refractivity contribution is 4.96. The van der Waals surface area contributed by atoms with E-state index in [0.717, 1.165) is 0 Å². The molecule has 67 heavy (non-hydrogen) atoms. The molecule has 0 amide bonds. The highest BCUT2D eigenvalue weighted by atomic mass is 16.8. The van der Waals surface area contributed by atoms with Gasteiger partial charge in [-0.15, -0.1) is 0 Å². The van der Waals surface area contributed by atoms with Gasteiger partial charge in [0.15, 0.2) is 37.7 Å². The van der Waals surface area contributed by atoms with Crippen molar-refractivity contribution in [3.63, 3.8) is 0 Å². The van der Waals surface area contributed by atoms with Gasteiger partial charge in [-0.1, -0.05) is 0 Å². The summed E-state index contributed by atoms with van der Waals surface area (Å²) in [4.78, 5) is 0. The van der Waals surface area contributed by atoms with E-state index >= 15 is 0 Å². The van der Waals surface area contributed by atoms with Crippen molar-refractivity contribution in [2.75, 3.05) is 39.6 Å². The fourth-order valence-corrected chi connectivity index (χ4v) is 7.99. The van der Waals surface area contributed by atoms with Crippen LogP contribution in [0.25, 0.3) is 0 Å². The molecule has 6 heterocycles. The molecule has 31 heteroatoms. The van der Waals surface area contributed by atoms with Crippen molar-refractivity contribution >= 4 is 0 Å². The van der Waals surface area contributed by atoms with Crippen LogP contribution in [0.5, 0.6) is 0 Å². The van der Waals surface area contributed by atoms with Crippen molar-refractivity contribution < 1.29 is 154 Å². The summed E-state index contributed by atoms with van der Waals surface area (Å²) in [7, 11) is 0. The van der Waals surface area contributed by atoms with Crippen molar-refractivity contribution in [2.45, 2.75) is 184 Å². The minimum Gasteiger partial charge on any atom is -0.394 e. The van der Waals surface area contributed by atoms with Crippen LogP contribution in [0.1, 0.15) is 0 Å². The number of hydrogen-bond donors (Lipinski definition) is 20. The Morgan fingerprint density at radius 1 is 0.224 bits per heavy atom. The highest BCUT2D eigenvalue weighted by Gasteiger charge is 2.52. The average molecular weight is 991 g/mol. The molecule has 0 radical (unpaired) electrons. The third kappa shape index (κ3) is 12.0. The molecular formula is C36H62O31. The van der Waals surface area contributed by atoms with E-state index in [-0.39, 0.29) is 0 Å². The van der Waals surface area contributed by atoms with Crippen LogP contribution in [0.3, 0.4) is 0 Å². The van der Waals surface area contributed by atoms with Crippen molar-refractivity contribution in [1.82, 2.24) is 0 Å². The second-order valence-electron chi connectivity index (χ2n) is 17.0. The Labute approximate surface area is 378 Å². The topological polar surface area (TPSA) is 506 Å². The van der Waals surface area contributed by atoms with Crippen LogP contribution in [0.4, 0.5) is 0 Å². The molecule has 0 aromatic carbocycles. The normalized spacial score (nSPS) is 53.4. The summed E-state index contributed by atoms with van der Waals surface area (Å²) in [5.74, 6) is 0. The van der Waals surface area contributed by atoms with Crippen LogP contribution in [0, 0.1) is 0 Å². The van der Waals surface area contributed by atoms with Gasteiger partial charge < -0.3 is 154 Å². The lowest BCUT2D eigenvalue weighted by Gasteiger charge is -2.44. The molecule has 1 unspecified atom stereocenters. The van der Waals surface area contributed by atoms with Gasteiger partial charge in [-0.25, -0.2) is 0 Å². The molecule has 30 atom stereocenters. The Kier molecular flexibility index (Phi) is 19.4. The molecule has 20 N–H and O–H groups in total. The summed E-state index contributed by atoms with van der Waals surface area (Å²) >= 11 is 0. The first-order valence-electron chi connectivity index (χ1n) is 21.1. The minimum atomic E-state index is -2.01. The SMILES string of the molecule is OC[C@H]1O[C@H](OC[C@H]2O[C@H](OC[C@H]3O[C@H](OC[C@H]4O[C@H](OC[C@H]5O[C@H](OC[C@H]6OC(O)[C@@H](O)[C@@H](O)[C@@H]6O)[C@@H](O)[C@@H](O)[C@@H]5O)[C@@H](O)[C@@H](O)[C@@H]4O)[C@@H](O)[C@@H](O)[C@@H]3O)[C@@H](O)[C@@H](O)[C@@H]2O)[C@@H](O)[C@@H](O)[C@@H]1O. The van der Waals surface area contributed by atoms with E-state index in [1.807, 2.05) is 0 Å². The predicted octanol–water partition coefficient (Wildman–Crippen LogP) is -14.1. The third-order valence-electron chi connectivity index (χ3n) is 12.3. The molecule has 392 valence electrons. The van der Waals surface area contributed by atoms with Gasteiger partial charge in [0.05, 0.1) is 39.6 Å². The fraction of sp³-hybridized carbons (Fsp3) is 1.00. The summed E-state index contributed by atoms with van der Waals surface area (Å²) in [6.45, 7) is -4.51. The Morgan fingerprint density at radius 2 is 0.418 bits per heavy atom. The number of aliphatic hydroxyl groups excluding tert-OH is 20. The average Bonchev–Trinajstić information content (AvgIpc) is 3.31. The van der Waals surface area contributed by atoms with Crippen LogP contribution < -0.4 is 0 Å². The molecule has 0 aromatic heterocycles. The van der Waals surface area contributed by atoms with Crippen LogP contribution in [0.2, 0.25) is 0 Å². The second kappa shape index (κ2) is 23.5. The number of aliphatic hydroxyl groups is 20. The zero-order chi connectivity index (χ0) is 49.3. The smallest absolute Gasteiger partial charge is 0.186 e. The van der Waals surface area contributed by atoms with Gasteiger partial charge in [-0.2, -0.15) is 0 Å². The van der Waals surface area contributed by atoms with Crippen LogP contribution in [0.15, 0.2) is 0 Å². The Bertz CT molecular complexity index is 1510. The lowest BCUT2D eigenvalue weighted by molar-refractivity contribution is -0.352. The summed E-state index contributed by atoms with van der Waals surface area (Å²) in [6.07, 6.45) is -54.2. The highest BCUT2D eigenvalue weighted by Crippen LogP contribution is 2.31. The fourth-order valence-electron chi connectivity index (χ4n) is 7.99. The Hall–Kier alpha value is -1.24. The van der Waals surface area contributed by atoms with Gasteiger partial charge in [-0.3, -0.25) is 0 Å². The molecule has 6 fully saturated rings. The Balaban J connectivity index is 1.01. The maximum atomic E-state index is 10.7. The molecule has 0 saturated carbocycles. The monoisotopic (exact) mass is 990 g/mol. The van der Waals surface area contributed by atoms with Crippen molar-refractivity contribution in [3.8, 4) is 0 Å². The zero-order valence-electron chi connectivity index (χ0n) is 35.0. The maximum Gasteiger partial charge on any atom is 0.186 e. The van der Waals surface area contributed by atoms with Crippen LogP contribution >= 0.6 is 0 Å². The molecule has 0 aromatic rings. The lowest BCUT2D eigenvalue weighted by Crippen LogP contribution is -2.63. The van der Waals surface area contributed by atoms with Gasteiger partial charge in [0.1, 0.15) is 146 Å². The Morgan fingerprint density at radius 3 is 0.657 bits per heavy atom. The maximum absolute atomic E-state index is 10.7. The standard InChI is InChI=1S/C36H62O31/c37-1-7-13(38)20(45)26(51)32(63-7)58-3-9-15(40)22(47)28(53)34(65-9)60-5-11-17(42)24(49)30(55)36(67-11)61-6-12-18(43)23(48)29(54)35(66-12)59-4-10-16(41)21(46)27(52)33(64-10)57-2-8-14(39)19(44)25(50)31(56)62-8/h7-56H,1-6H2/t7-,8-,9-,10-,11-,12-,13-,14-,15-,16-,17-,18-,19+,20+,21+,22+,23+,24+,25+,26+,27+,28+,29+,30+,31?,32+,33+,34+,35+,36+/m1/s1. The van der Waals surface area contributed by atoms with Crippen LogP contribution in [-0.4, -0.2) is 326 Å². The van der Waals surface area contributed by atoms with Gasteiger partial charge >= 0.3 is 0 Å². The van der Waals surface area contributed by atoms with Crippen LogP contribution in [-0.2, 0) is 52.1 Å². The third-order valence-corrected chi connectivity index (χ3v) is 12.3. The van der Waals surface area contributed by atoms with Crippen molar-refractivity contribution in [2.24, 2.45) is 0 Å². The zero-order valence-corrected chi connectivity index (χ0v) is 35.0. The van der Waals surface area contributed by atoms with E-state index in [1.165, 1.54) is 0 Å². The molecular weight excluding hydrogens is 928 g/mol. The predicted molar refractivity (Wildman–Crippen MR) is 199 cm³/mol. The van der Waals surface area contributed by atoms with Crippen molar-refractivity contribution in [3.05, 3.63) is 0 Å². The van der Waals surface area contributed by atoms with Gasteiger partial charge in [-0.05, 0) is 0 Å². The van der Waals surface area contributed by atoms with E-state index in [0.29, 0.717) is 0 Å². The molecule has 6 rings (SSSR count). The molecule has 0 bridgehead atoms. The van der Waals surface area contributed by atoms with Crippen molar-refractivity contribution in [1.29, 1.82) is 0 Å². The quantitative estimate of drug-likeness (QED) is 0.0683. The molecule has 0 spiro atoms. The summed E-state index contributed by atoms with van der Waals surface area (Å²) in [6, 6.07) is 0. The van der Waals surface area contributed by atoms with E-state index < -0.39 is 224 Å². The minimum absolute atomic E-state index is 0.692. The van der Waals surface area contributed by atoms with Gasteiger partial charge in [0.25, 0.3) is 0 Å². The molecule has 6 aliphatic heterocycles. The largest absolute Gasteiger partial charge is 0.394 e. The van der Waals surface area contributed by atoms with E-state index in [1.54, 1.807) is 0 Å². The van der Waals surface area contributed by atoms with Gasteiger partial charge in [0, 0.05) is 0 Å². The summed E-state index contributed by atoms with van der Waals surface area (Å²) in [5.41, 5.74) is 0. The first kappa shape index (κ1) is 55.1. The number of hydrogen-bond acceptors (Lipinski definition) is 31. The molecule has 31 nitrogen and oxygen atoms in total. The lowest BCUT2D eigenvalue weighted by atomic mass is 9.97. The summed E-state index contributed by atoms with van der Waals surface area (Å²) in [5, 5.41) is 206. The van der Waals surface area contributed by atoms with E-state index in [2.05, 4.69) is 0 Å². The first-order chi connectivity index (χ1) is 31.6. The van der Waals surface area contributed by atoms with E-state index in [4.69, 9.17) is 52.1 Å². The molecule has 6 saturated heterocycles. The number of rotatable bonds is 16. The van der Waals surface area contributed by atoms with Gasteiger partial charge in [0.2, 0.25) is 0 Å². The van der Waals surface area contributed by atoms with E-state index in [9.17, 15) is 102 Å². The second-order valence-corrected chi connectivity index (χ2v) is 17.0. The molecule has 6 aliphatic rings. The summed E-state index contributed by atoms with van der Waals surface area (Å²) < 4.78 is 59.7. The number of ether oxygens (including phenoxy) is 11. The first-order valence-corrected chi connectivity index (χ1v) is 21.1.